The van der Waals surface area contributed by atoms with Gasteiger partial charge in [-0.25, -0.2) is 9.67 Å². The zero-order valence-electron chi connectivity index (χ0n) is 17.2. The van der Waals surface area contributed by atoms with Gasteiger partial charge in [-0.2, -0.15) is 10.4 Å². The number of hydroxylamine groups is 1. The van der Waals surface area contributed by atoms with Gasteiger partial charge in [-0.3, -0.25) is 10.3 Å². The summed E-state index contributed by atoms with van der Waals surface area (Å²) in [7, 11) is 0. The molecule has 152 valence electrons. The lowest BCUT2D eigenvalue weighted by atomic mass is 9.71. The van der Waals surface area contributed by atoms with Crippen molar-refractivity contribution in [1.29, 1.82) is 5.26 Å². The monoisotopic (exact) mass is 392 g/mol. The second-order valence-corrected chi connectivity index (χ2v) is 8.69. The molecule has 2 fully saturated rings. The van der Waals surface area contributed by atoms with E-state index in [1.165, 1.54) is 32.1 Å². The molecule has 3 heterocycles. The molecule has 0 radical (unpaired) electrons. The number of hydrogen-bond donors (Lipinski definition) is 2. The Balaban J connectivity index is 1.58. The highest BCUT2D eigenvalue weighted by atomic mass is 16.7. The van der Waals surface area contributed by atoms with Gasteiger partial charge in [0.1, 0.15) is 5.60 Å². The third-order valence-electron chi connectivity index (χ3n) is 6.62. The van der Waals surface area contributed by atoms with Crippen LogP contribution in [-0.2, 0) is 11.4 Å². The van der Waals surface area contributed by atoms with Gasteiger partial charge in [-0.05, 0) is 45.6 Å². The number of nitrogens with zero attached hydrogens (tertiary/aromatic N) is 4. The second-order valence-electron chi connectivity index (χ2n) is 8.69. The molecule has 7 nitrogen and oxygen atoms in total. The van der Waals surface area contributed by atoms with Crippen molar-refractivity contribution in [1.82, 2.24) is 20.2 Å². The van der Waals surface area contributed by atoms with Crippen LogP contribution in [0.25, 0.3) is 16.7 Å². The van der Waals surface area contributed by atoms with Crippen LogP contribution in [0.1, 0.15) is 63.1 Å². The Bertz CT molecular complexity index is 1000. The maximum Gasteiger partial charge on any atom is 0.160 e. The molecule has 2 aromatic rings. The molecule has 2 aliphatic carbocycles. The van der Waals surface area contributed by atoms with E-state index in [9.17, 15) is 0 Å². The summed E-state index contributed by atoms with van der Waals surface area (Å²) in [4.78, 5) is 10.7. The van der Waals surface area contributed by atoms with Crippen LogP contribution in [0.2, 0.25) is 0 Å². The smallest absolute Gasteiger partial charge is 0.160 e. The van der Waals surface area contributed by atoms with Crippen molar-refractivity contribution in [3.8, 4) is 6.07 Å². The number of pyridine rings is 1. The zero-order valence-corrected chi connectivity index (χ0v) is 17.2. The molecule has 2 N–H and O–H groups in total. The molecule has 0 aromatic carbocycles. The van der Waals surface area contributed by atoms with Crippen LogP contribution in [0.5, 0.6) is 0 Å². The van der Waals surface area contributed by atoms with Gasteiger partial charge in [-0.15, -0.1) is 0 Å². The molecule has 0 bridgehead atoms. The van der Waals surface area contributed by atoms with E-state index in [-0.39, 0.29) is 11.5 Å². The first-order valence-electron chi connectivity index (χ1n) is 10.8. The highest BCUT2D eigenvalue weighted by Gasteiger charge is 2.48. The first kappa shape index (κ1) is 18.4. The minimum atomic E-state index is -0.352. The number of hydrogen-bond acceptors (Lipinski definition) is 6. The molecule has 0 saturated heterocycles. The largest absolute Gasteiger partial charge is 0.381 e. The van der Waals surface area contributed by atoms with E-state index >= 15 is 0 Å². The highest BCUT2D eigenvalue weighted by Crippen LogP contribution is 2.46. The molecule has 0 unspecified atom stereocenters. The van der Waals surface area contributed by atoms with E-state index in [2.05, 4.69) is 36.8 Å². The Hall–Kier alpha value is -2.59. The summed E-state index contributed by atoms with van der Waals surface area (Å²) in [6.45, 7) is 4.95. The summed E-state index contributed by atoms with van der Waals surface area (Å²) in [6.07, 6.45) is 11.8. The molecule has 3 aliphatic rings. The average molecular weight is 393 g/mol. The van der Waals surface area contributed by atoms with Crippen LogP contribution >= 0.6 is 0 Å². The normalized spacial score (nSPS) is 26.8. The summed E-state index contributed by atoms with van der Waals surface area (Å²) < 4.78 is 1.97. The van der Waals surface area contributed by atoms with Gasteiger partial charge in [0.2, 0.25) is 0 Å². The van der Waals surface area contributed by atoms with E-state index in [0.717, 1.165) is 53.1 Å². The first-order chi connectivity index (χ1) is 14.1. The quantitative estimate of drug-likeness (QED) is 0.816. The Morgan fingerprint density at radius 1 is 1.34 bits per heavy atom. The zero-order chi connectivity index (χ0) is 20.0. The topological polar surface area (TPSA) is 87.8 Å². The summed E-state index contributed by atoms with van der Waals surface area (Å²) in [5.74, 6) is 0.0814. The van der Waals surface area contributed by atoms with Gasteiger partial charge in [0.25, 0.3) is 0 Å². The lowest BCUT2D eigenvalue weighted by Crippen LogP contribution is -2.43. The van der Waals surface area contributed by atoms with Crippen molar-refractivity contribution < 1.29 is 4.84 Å². The molecular weight excluding hydrogens is 364 g/mol. The van der Waals surface area contributed by atoms with E-state index < -0.39 is 0 Å². The number of aryl methyl sites for hydroxylation is 2. The van der Waals surface area contributed by atoms with Gasteiger partial charge in [0.15, 0.2) is 5.65 Å². The molecule has 7 heteroatoms. The van der Waals surface area contributed by atoms with Gasteiger partial charge >= 0.3 is 0 Å². The van der Waals surface area contributed by atoms with E-state index in [4.69, 9.17) is 20.2 Å². The molecule has 0 amide bonds. The number of anilines is 1. The number of nitrogens with one attached hydrogen (secondary N) is 2. The Morgan fingerprint density at radius 2 is 2.14 bits per heavy atom. The minimum Gasteiger partial charge on any atom is -0.381 e. The molecule has 2 aromatic heterocycles. The van der Waals surface area contributed by atoms with Crippen LogP contribution in [0.15, 0.2) is 12.3 Å². The molecule has 1 spiro atoms. The minimum absolute atomic E-state index is 0.0814. The van der Waals surface area contributed by atoms with E-state index in [1.54, 1.807) is 0 Å². The van der Waals surface area contributed by atoms with Gasteiger partial charge in [0, 0.05) is 24.3 Å². The molecule has 1 aliphatic heterocycles. The fourth-order valence-corrected chi connectivity index (χ4v) is 5.02. The summed E-state index contributed by atoms with van der Waals surface area (Å²) in [6, 6.07) is 2.81. The number of aromatic nitrogens is 3. The Kier molecular flexibility index (Phi) is 4.47. The average Bonchev–Trinajstić information content (AvgIpc) is 3.30. The predicted molar refractivity (Wildman–Crippen MR) is 112 cm³/mol. The van der Waals surface area contributed by atoms with Crippen molar-refractivity contribution in [2.45, 2.75) is 77.0 Å². The molecule has 29 heavy (non-hydrogen) atoms. The number of nitriles is 1. The van der Waals surface area contributed by atoms with Crippen LogP contribution in [0.3, 0.4) is 0 Å². The maximum atomic E-state index is 9.14. The van der Waals surface area contributed by atoms with Crippen molar-refractivity contribution in [2.24, 2.45) is 5.92 Å². The fourth-order valence-electron chi connectivity index (χ4n) is 5.02. The Morgan fingerprint density at radius 3 is 2.86 bits per heavy atom. The number of fused-ring (bicyclic) bond motifs is 1. The first-order valence-corrected chi connectivity index (χ1v) is 10.8. The maximum absolute atomic E-state index is 9.14. The van der Waals surface area contributed by atoms with Crippen LogP contribution in [0.4, 0.5) is 5.69 Å². The predicted octanol–water partition coefficient (Wildman–Crippen LogP) is 4.05. The van der Waals surface area contributed by atoms with Gasteiger partial charge in [-0.1, -0.05) is 19.3 Å². The van der Waals surface area contributed by atoms with E-state index in [0.29, 0.717) is 6.04 Å². The van der Waals surface area contributed by atoms with Crippen molar-refractivity contribution in [2.75, 3.05) is 5.32 Å². The lowest BCUT2D eigenvalue weighted by Gasteiger charge is -2.37. The van der Waals surface area contributed by atoms with Crippen LogP contribution < -0.4 is 10.8 Å². The molecular formula is C22H28N6O. The molecule has 0 atom stereocenters. The van der Waals surface area contributed by atoms with Gasteiger partial charge in [0.05, 0.1) is 34.5 Å². The van der Waals surface area contributed by atoms with Gasteiger partial charge < -0.3 is 5.32 Å². The Labute approximate surface area is 171 Å². The summed E-state index contributed by atoms with van der Waals surface area (Å²) in [5.41, 5.74) is 7.78. The lowest BCUT2D eigenvalue weighted by molar-refractivity contribution is -0.0982. The summed E-state index contributed by atoms with van der Waals surface area (Å²) >= 11 is 0. The SMILES string of the molecule is CCn1nc(C)c2c(NC3CCCCC3)c(C3=CC4(CC(C#N)C4)ON3)cnc21. The van der Waals surface area contributed by atoms with E-state index in [1.807, 2.05) is 10.9 Å². The second kappa shape index (κ2) is 7.03. The molecule has 5 rings (SSSR count). The van der Waals surface area contributed by atoms with Crippen molar-refractivity contribution >= 4 is 22.4 Å². The fraction of sp³-hybridized carbons (Fsp3) is 0.591. The van der Waals surface area contributed by atoms with Crippen LogP contribution in [-0.4, -0.2) is 26.4 Å². The standard InChI is InChI=1S/C22H28N6O/c1-3-28-21-19(14(2)26-28)20(25-16-7-5-4-6-8-16)17(13-24-21)18-11-22(29-27-18)9-15(10-22)12-23/h11,13,15-16,27H,3-10H2,1-2H3,(H,24,25). The summed E-state index contributed by atoms with van der Waals surface area (Å²) in [5, 5.41) is 18.8. The molecule has 2 saturated carbocycles. The highest BCUT2D eigenvalue weighted by molar-refractivity contribution is 5.97. The third kappa shape index (κ3) is 3.06. The van der Waals surface area contributed by atoms with Crippen molar-refractivity contribution in [3.05, 3.63) is 23.5 Å². The van der Waals surface area contributed by atoms with Crippen molar-refractivity contribution in [3.63, 3.8) is 0 Å². The third-order valence-corrected chi connectivity index (χ3v) is 6.62. The number of rotatable bonds is 4. The van der Waals surface area contributed by atoms with Crippen LogP contribution in [0, 0.1) is 24.2 Å².